The number of hydrogen-bond donors (Lipinski definition) is 1. The number of benzene rings is 2. The number of hydrogen-bond acceptors (Lipinski definition) is 2. The van der Waals surface area contributed by atoms with Gasteiger partial charge in [-0.2, -0.15) is 0 Å². The maximum atomic E-state index is 12.1. The smallest absolute Gasteiger partial charge is 0.337 e. The van der Waals surface area contributed by atoms with Crippen molar-refractivity contribution in [3.8, 4) is 0 Å². The molecule has 1 atom stereocenters. The van der Waals surface area contributed by atoms with E-state index < -0.39 is 5.97 Å². The molecule has 0 saturated carbocycles. The second-order valence-electron chi connectivity index (χ2n) is 5.25. The summed E-state index contributed by atoms with van der Waals surface area (Å²) >= 11 is 5.83. The minimum absolute atomic E-state index is 0.0709. The van der Waals surface area contributed by atoms with Gasteiger partial charge >= 0.3 is 5.97 Å². The Bertz CT molecular complexity index is 729. The zero-order chi connectivity index (χ0) is 15.0. The number of halogens is 1. The highest BCUT2D eigenvalue weighted by Gasteiger charge is 2.32. The maximum absolute atomic E-state index is 12.1. The summed E-state index contributed by atoms with van der Waals surface area (Å²) in [6.07, 6.45) is 0.370. The van der Waals surface area contributed by atoms with E-state index in [-0.39, 0.29) is 17.4 Å². The van der Waals surface area contributed by atoms with Crippen LogP contribution >= 0.6 is 11.6 Å². The molecule has 1 amide bonds. The number of amides is 1. The molecule has 3 rings (SSSR count). The first-order valence-corrected chi connectivity index (χ1v) is 7.26. The van der Waals surface area contributed by atoms with Crippen LogP contribution in [0.2, 0.25) is 0 Å². The average Bonchev–Trinajstić information content (AvgIpc) is 2.87. The van der Waals surface area contributed by atoms with E-state index in [4.69, 9.17) is 11.6 Å². The van der Waals surface area contributed by atoms with Crippen molar-refractivity contribution in [1.29, 1.82) is 0 Å². The summed E-state index contributed by atoms with van der Waals surface area (Å²) in [6, 6.07) is 10.9. The third-order valence-corrected chi connectivity index (χ3v) is 4.25. The third kappa shape index (κ3) is 2.47. The Labute approximate surface area is 126 Å². The highest BCUT2D eigenvalue weighted by Crippen LogP contribution is 2.32. The number of rotatable bonds is 3. The molecule has 108 valence electrons. The van der Waals surface area contributed by atoms with Crippen molar-refractivity contribution in [3.63, 3.8) is 0 Å². The molecule has 0 aromatic heterocycles. The minimum Gasteiger partial charge on any atom is -0.478 e. The van der Waals surface area contributed by atoms with Crippen molar-refractivity contribution < 1.29 is 14.7 Å². The van der Waals surface area contributed by atoms with Crippen molar-refractivity contribution in [2.75, 3.05) is 17.3 Å². The standard InChI is InChI=1S/C16H14ClNO3/c17-8-10-5-15(19)18(9-10)14-7-12-4-2-1-3-11(12)6-13(14)16(20)21/h1-4,6-7,10H,5,8-9H2,(H,20,21). The first-order chi connectivity index (χ1) is 10.1. The molecule has 0 bridgehead atoms. The fourth-order valence-corrected chi connectivity index (χ4v) is 2.95. The Morgan fingerprint density at radius 1 is 1.29 bits per heavy atom. The van der Waals surface area contributed by atoms with Crippen LogP contribution in [0.1, 0.15) is 16.8 Å². The van der Waals surface area contributed by atoms with Crippen LogP contribution in [0.25, 0.3) is 10.8 Å². The van der Waals surface area contributed by atoms with Crippen LogP contribution in [-0.4, -0.2) is 29.4 Å². The van der Waals surface area contributed by atoms with Gasteiger partial charge in [-0.15, -0.1) is 11.6 Å². The largest absolute Gasteiger partial charge is 0.478 e. The normalized spacial score (nSPS) is 18.4. The molecule has 1 aliphatic rings. The summed E-state index contributed by atoms with van der Waals surface area (Å²) in [5.74, 6) is -0.623. The molecule has 2 aromatic carbocycles. The van der Waals surface area contributed by atoms with Crippen LogP contribution in [0.5, 0.6) is 0 Å². The van der Waals surface area contributed by atoms with Gasteiger partial charge in [0.25, 0.3) is 0 Å². The van der Waals surface area contributed by atoms with E-state index >= 15 is 0 Å². The topological polar surface area (TPSA) is 57.6 Å². The number of alkyl halides is 1. The maximum Gasteiger partial charge on any atom is 0.337 e. The molecule has 21 heavy (non-hydrogen) atoms. The van der Waals surface area contributed by atoms with Crippen molar-refractivity contribution in [2.24, 2.45) is 5.92 Å². The van der Waals surface area contributed by atoms with Crippen LogP contribution in [0.15, 0.2) is 36.4 Å². The van der Waals surface area contributed by atoms with Gasteiger partial charge in [-0.05, 0) is 28.8 Å². The van der Waals surface area contributed by atoms with Gasteiger partial charge in [0.15, 0.2) is 0 Å². The summed E-state index contributed by atoms with van der Waals surface area (Å²) in [7, 11) is 0. The Morgan fingerprint density at radius 3 is 2.52 bits per heavy atom. The third-order valence-electron chi connectivity index (χ3n) is 3.81. The Kier molecular flexibility index (Phi) is 3.55. The van der Waals surface area contributed by atoms with Crippen LogP contribution in [-0.2, 0) is 4.79 Å². The summed E-state index contributed by atoms with van der Waals surface area (Å²) < 4.78 is 0. The molecular weight excluding hydrogens is 290 g/mol. The number of carbonyl (C=O) groups excluding carboxylic acids is 1. The van der Waals surface area contributed by atoms with Gasteiger partial charge < -0.3 is 10.0 Å². The van der Waals surface area contributed by atoms with Gasteiger partial charge in [0.05, 0.1) is 11.3 Å². The number of anilines is 1. The number of aromatic carboxylic acids is 1. The van der Waals surface area contributed by atoms with E-state index in [1.165, 1.54) is 0 Å². The summed E-state index contributed by atoms with van der Waals surface area (Å²) in [5.41, 5.74) is 0.607. The Balaban J connectivity index is 2.14. The highest BCUT2D eigenvalue weighted by molar-refractivity contribution is 6.18. The number of carboxylic acids is 1. The van der Waals surface area contributed by atoms with Gasteiger partial charge in [-0.1, -0.05) is 24.3 Å². The van der Waals surface area contributed by atoms with Gasteiger partial charge in [0.2, 0.25) is 5.91 Å². The number of carboxylic acid groups (broad SMARTS) is 1. The van der Waals surface area contributed by atoms with Gasteiger partial charge in [-0.3, -0.25) is 4.79 Å². The van der Waals surface area contributed by atoms with E-state index in [0.717, 1.165) is 10.8 Å². The molecule has 4 nitrogen and oxygen atoms in total. The highest BCUT2D eigenvalue weighted by atomic mass is 35.5. The van der Waals surface area contributed by atoms with Gasteiger partial charge in [0.1, 0.15) is 0 Å². The lowest BCUT2D eigenvalue weighted by Gasteiger charge is -2.19. The molecule has 1 N–H and O–H groups in total. The van der Waals surface area contributed by atoms with E-state index in [9.17, 15) is 14.7 Å². The van der Waals surface area contributed by atoms with Crippen molar-refractivity contribution in [2.45, 2.75) is 6.42 Å². The van der Waals surface area contributed by atoms with Crippen LogP contribution < -0.4 is 4.90 Å². The predicted molar refractivity (Wildman–Crippen MR) is 82.1 cm³/mol. The minimum atomic E-state index is -1.03. The molecule has 1 unspecified atom stereocenters. The van der Waals surface area contributed by atoms with Gasteiger partial charge in [-0.25, -0.2) is 4.79 Å². The monoisotopic (exact) mass is 303 g/mol. The Hall–Kier alpha value is -2.07. The fourth-order valence-electron chi connectivity index (χ4n) is 2.74. The summed E-state index contributed by atoms with van der Waals surface area (Å²) in [6.45, 7) is 0.473. The fraction of sp³-hybridized carbons (Fsp3) is 0.250. The molecule has 5 heteroatoms. The first kappa shape index (κ1) is 13.9. The molecule has 1 heterocycles. The zero-order valence-corrected chi connectivity index (χ0v) is 12.0. The van der Waals surface area contributed by atoms with Crippen molar-refractivity contribution in [1.82, 2.24) is 0 Å². The quantitative estimate of drug-likeness (QED) is 0.886. The summed E-state index contributed by atoms with van der Waals surface area (Å²) in [4.78, 5) is 25.2. The molecule has 2 aromatic rings. The molecule has 0 aliphatic carbocycles. The SMILES string of the molecule is O=C(O)c1cc2ccccc2cc1N1CC(CCl)CC1=O. The lowest BCUT2D eigenvalue weighted by molar-refractivity contribution is -0.117. The van der Waals surface area contributed by atoms with E-state index in [1.807, 2.05) is 24.3 Å². The van der Waals surface area contributed by atoms with Crippen LogP contribution in [0.3, 0.4) is 0 Å². The van der Waals surface area contributed by atoms with Gasteiger partial charge in [0, 0.05) is 18.8 Å². The van der Waals surface area contributed by atoms with E-state index in [0.29, 0.717) is 24.5 Å². The van der Waals surface area contributed by atoms with E-state index in [2.05, 4.69) is 0 Å². The van der Waals surface area contributed by atoms with Crippen molar-refractivity contribution >= 4 is 39.9 Å². The molecule has 1 fully saturated rings. The number of carbonyl (C=O) groups is 2. The Morgan fingerprint density at radius 2 is 1.95 bits per heavy atom. The lowest BCUT2D eigenvalue weighted by Crippen LogP contribution is -2.26. The van der Waals surface area contributed by atoms with Crippen LogP contribution in [0.4, 0.5) is 5.69 Å². The molecule has 1 saturated heterocycles. The number of nitrogens with zero attached hydrogens (tertiary/aromatic N) is 1. The van der Waals surface area contributed by atoms with Crippen LogP contribution in [0, 0.1) is 5.92 Å². The predicted octanol–water partition coefficient (Wildman–Crippen LogP) is 3.13. The molecule has 0 radical (unpaired) electrons. The zero-order valence-electron chi connectivity index (χ0n) is 11.3. The molecule has 1 aliphatic heterocycles. The average molecular weight is 304 g/mol. The summed E-state index contributed by atoms with van der Waals surface area (Å²) in [5, 5.41) is 11.2. The van der Waals surface area contributed by atoms with E-state index in [1.54, 1.807) is 17.0 Å². The number of fused-ring (bicyclic) bond motifs is 1. The first-order valence-electron chi connectivity index (χ1n) is 6.72. The molecular formula is C16H14ClNO3. The second-order valence-corrected chi connectivity index (χ2v) is 5.56. The molecule has 0 spiro atoms. The second kappa shape index (κ2) is 5.37. The lowest BCUT2D eigenvalue weighted by atomic mass is 10.0. The van der Waals surface area contributed by atoms with Crippen molar-refractivity contribution in [3.05, 3.63) is 42.0 Å².